The average molecular weight is 351 g/mol. The maximum atomic E-state index is 5.22. The standard InChI is InChI=1S/C25H21NO/c1-27-25-17-11-22(12-18-25)21-9-15-24(16-10-21)26-23-13-7-20(8-14-23)19-5-3-2-4-6-19/h2-18,26H,1H3. The summed E-state index contributed by atoms with van der Waals surface area (Å²) in [4.78, 5) is 0. The van der Waals surface area contributed by atoms with Gasteiger partial charge in [-0.3, -0.25) is 0 Å². The lowest BCUT2D eigenvalue weighted by atomic mass is 10.0. The molecule has 0 radical (unpaired) electrons. The van der Waals surface area contributed by atoms with Gasteiger partial charge in [0.1, 0.15) is 5.75 Å². The maximum Gasteiger partial charge on any atom is 0.118 e. The van der Waals surface area contributed by atoms with Crippen LogP contribution in [0.4, 0.5) is 11.4 Å². The predicted octanol–water partition coefficient (Wildman–Crippen LogP) is 6.77. The molecule has 1 N–H and O–H groups in total. The first-order valence-corrected chi connectivity index (χ1v) is 8.99. The minimum Gasteiger partial charge on any atom is -0.497 e. The molecular weight excluding hydrogens is 330 g/mol. The van der Waals surface area contributed by atoms with Gasteiger partial charge in [-0.1, -0.05) is 66.7 Å². The highest BCUT2D eigenvalue weighted by molar-refractivity contribution is 5.71. The monoisotopic (exact) mass is 351 g/mol. The number of methoxy groups -OCH3 is 1. The number of rotatable bonds is 5. The molecule has 0 heterocycles. The van der Waals surface area contributed by atoms with Crippen molar-refractivity contribution in [3.05, 3.63) is 103 Å². The van der Waals surface area contributed by atoms with Crippen molar-refractivity contribution in [3.8, 4) is 28.0 Å². The van der Waals surface area contributed by atoms with Crippen LogP contribution in [0.3, 0.4) is 0 Å². The van der Waals surface area contributed by atoms with Gasteiger partial charge in [0.2, 0.25) is 0 Å². The summed E-state index contributed by atoms with van der Waals surface area (Å²) in [5.41, 5.74) is 6.95. The Morgan fingerprint density at radius 3 is 1.33 bits per heavy atom. The summed E-state index contributed by atoms with van der Waals surface area (Å²) in [7, 11) is 1.68. The fourth-order valence-corrected chi connectivity index (χ4v) is 3.07. The molecule has 0 aliphatic carbocycles. The molecule has 0 amide bonds. The van der Waals surface area contributed by atoms with Crippen LogP contribution in [0.1, 0.15) is 0 Å². The molecule has 0 unspecified atom stereocenters. The Morgan fingerprint density at radius 1 is 0.481 bits per heavy atom. The first kappa shape index (κ1) is 16.9. The Morgan fingerprint density at radius 2 is 0.889 bits per heavy atom. The van der Waals surface area contributed by atoms with Gasteiger partial charge in [-0.25, -0.2) is 0 Å². The van der Waals surface area contributed by atoms with Crippen LogP contribution in [-0.4, -0.2) is 7.11 Å². The molecule has 4 rings (SSSR count). The van der Waals surface area contributed by atoms with E-state index in [0.29, 0.717) is 0 Å². The Kier molecular flexibility index (Phi) is 4.88. The number of hydrogen-bond donors (Lipinski definition) is 1. The topological polar surface area (TPSA) is 21.3 Å². The first-order chi connectivity index (χ1) is 13.3. The van der Waals surface area contributed by atoms with Crippen LogP contribution in [0.5, 0.6) is 5.75 Å². The van der Waals surface area contributed by atoms with Gasteiger partial charge in [-0.05, 0) is 58.7 Å². The molecule has 0 saturated heterocycles. The van der Waals surface area contributed by atoms with E-state index in [1.807, 2.05) is 18.2 Å². The molecule has 2 heteroatoms. The van der Waals surface area contributed by atoms with Crippen molar-refractivity contribution >= 4 is 11.4 Å². The highest BCUT2D eigenvalue weighted by Crippen LogP contribution is 2.26. The molecule has 132 valence electrons. The van der Waals surface area contributed by atoms with Gasteiger partial charge in [0.05, 0.1) is 7.11 Å². The van der Waals surface area contributed by atoms with E-state index in [2.05, 4.69) is 90.2 Å². The average Bonchev–Trinajstić information content (AvgIpc) is 2.76. The highest BCUT2D eigenvalue weighted by atomic mass is 16.5. The normalized spacial score (nSPS) is 10.4. The zero-order valence-corrected chi connectivity index (χ0v) is 15.2. The molecule has 4 aromatic rings. The van der Waals surface area contributed by atoms with Crippen molar-refractivity contribution in [2.75, 3.05) is 12.4 Å². The summed E-state index contributed by atoms with van der Waals surface area (Å²) >= 11 is 0. The van der Waals surface area contributed by atoms with E-state index in [9.17, 15) is 0 Å². The largest absolute Gasteiger partial charge is 0.497 e. The van der Waals surface area contributed by atoms with Crippen molar-refractivity contribution in [1.29, 1.82) is 0 Å². The second-order valence-electron chi connectivity index (χ2n) is 6.37. The van der Waals surface area contributed by atoms with Crippen molar-refractivity contribution < 1.29 is 4.74 Å². The van der Waals surface area contributed by atoms with E-state index < -0.39 is 0 Å². The zero-order valence-electron chi connectivity index (χ0n) is 15.2. The van der Waals surface area contributed by atoms with Crippen molar-refractivity contribution in [2.45, 2.75) is 0 Å². The molecule has 0 aromatic heterocycles. The predicted molar refractivity (Wildman–Crippen MR) is 114 cm³/mol. The van der Waals surface area contributed by atoms with Crippen molar-refractivity contribution in [3.63, 3.8) is 0 Å². The molecule has 27 heavy (non-hydrogen) atoms. The van der Waals surface area contributed by atoms with Gasteiger partial charge < -0.3 is 10.1 Å². The van der Waals surface area contributed by atoms with E-state index in [0.717, 1.165) is 17.1 Å². The van der Waals surface area contributed by atoms with E-state index in [-0.39, 0.29) is 0 Å². The lowest BCUT2D eigenvalue weighted by molar-refractivity contribution is 0.415. The van der Waals surface area contributed by atoms with Crippen LogP contribution >= 0.6 is 0 Å². The van der Waals surface area contributed by atoms with E-state index in [1.165, 1.54) is 22.3 Å². The molecule has 2 nitrogen and oxygen atoms in total. The second kappa shape index (κ2) is 7.79. The third-order valence-electron chi connectivity index (χ3n) is 4.59. The zero-order chi connectivity index (χ0) is 18.5. The molecule has 0 aliphatic rings. The first-order valence-electron chi connectivity index (χ1n) is 8.99. The van der Waals surface area contributed by atoms with E-state index in [1.54, 1.807) is 7.11 Å². The number of hydrogen-bond acceptors (Lipinski definition) is 2. The van der Waals surface area contributed by atoms with Crippen LogP contribution in [0, 0.1) is 0 Å². The van der Waals surface area contributed by atoms with Crippen LogP contribution < -0.4 is 10.1 Å². The van der Waals surface area contributed by atoms with Gasteiger partial charge in [-0.15, -0.1) is 0 Å². The van der Waals surface area contributed by atoms with E-state index in [4.69, 9.17) is 4.74 Å². The molecular formula is C25H21NO. The van der Waals surface area contributed by atoms with Crippen LogP contribution in [-0.2, 0) is 0 Å². The minimum absolute atomic E-state index is 0.871. The van der Waals surface area contributed by atoms with Crippen LogP contribution in [0.15, 0.2) is 103 Å². The van der Waals surface area contributed by atoms with Crippen molar-refractivity contribution in [1.82, 2.24) is 0 Å². The summed E-state index contributed by atoms with van der Waals surface area (Å²) in [5.74, 6) is 0.871. The highest BCUT2D eigenvalue weighted by Gasteiger charge is 2.01. The van der Waals surface area contributed by atoms with Crippen LogP contribution in [0.25, 0.3) is 22.3 Å². The summed E-state index contributed by atoms with van der Waals surface area (Å²) < 4.78 is 5.22. The Balaban J connectivity index is 1.46. The molecule has 0 saturated carbocycles. The Labute approximate surface area is 160 Å². The number of ether oxygens (including phenoxy) is 1. The van der Waals surface area contributed by atoms with Gasteiger partial charge in [-0.2, -0.15) is 0 Å². The maximum absolute atomic E-state index is 5.22. The lowest BCUT2D eigenvalue weighted by Gasteiger charge is -2.09. The molecule has 0 spiro atoms. The minimum atomic E-state index is 0.871. The number of anilines is 2. The summed E-state index contributed by atoms with van der Waals surface area (Å²) in [6, 6.07) is 35.5. The summed E-state index contributed by atoms with van der Waals surface area (Å²) in [5, 5.41) is 3.46. The molecule has 0 atom stereocenters. The number of nitrogens with one attached hydrogen (secondary N) is 1. The third kappa shape index (κ3) is 4.01. The molecule has 0 bridgehead atoms. The lowest BCUT2D eigenvalue weighted by Crippen LogP contribution is -1.90. The molecule has 4 aromatic carbocycles. The fourth-order valence-electron chi connectivity index (χ4n) is 3.07. The van der Waals surface area contributed by atoms with Crippen molar-refractivity contribution in [2.24, 2.45) is 0 Å². The number of benzene rings is 4. The second-order valence-corrected chi connectivity index (χ2v) is 6.37. The molecule has 0 fully saturated rings. The van der Waals surface area contributed by atoms with Gasteiger partial charge in [0.25, 0.3) is 0 Å². The SMILES string of the molecule is COc1ccc(-c2ccc(Nc3ccc(-c4ccccc4)cc3)cc2)cc1. The van der Waals surface area contributed by atoms with Crippen LogP contribution in [0.2, 0.25) is 0 Å². The summed E-state index contributed by atoms with van der Waals surface area (Å²) in [6.45, 7) is 0. The molecule has 0 aliphatic heterocycles. The van der Waals surface area contributed by atoms with Gasteiger partial charge in [0.15, 0.2) is 0 Å². The fraction of sp³-hybridized carbons (Fsp3) is 0.0400. The Bertz CT molecular complexity index is 989. The smallest absolute Gasteiger partial charge is 0.118 e. The summed E-state index contributed by atoms with van der Waals surface area (Å²) in [6.07, 6.45) is 0. The van der Waals surface area contributed by atoms with Gasteiger partial charge in [0, 0.05) is 11.4 Å². The van der Waals surface area contributed by atoms with Gasteiger partial charge >= 0.3 is 0 Å². The quantitative estimate of drug-likeness (QED) is 0.428. The Hall–Kier alpha value is -3.52. The third-order valence-corrected chi connectivity index (χ3v) is 4.59. The van der Waals surface area contributed by atoms with E-state index >= 15 is 0 Å².